The van der Waals surface area contributed by atoms with E-state index in [0.29, 0.717) is 11.2 Å². The number of H-pyrrole nitrogens is 1. The quantitative estimate of drug-likeness (QED) is 0.432. The Bertz CT molecular complexity index is 958. The Morgan fingerprint density at radius 1 is 1.25 bits per heavy atom. The van der Waals surface area contributed by atoms with Gasteiger partial charge in [0.15, 0.2) is 0 Å². The molecule has 0 amide bonds. The van der Waals surface area contributed by atoms with Gasteiger partial charge in [0.1, 0.15) is 11.4 Å². The lowest BCUT2D eigenvalue weighted by Crippen LogP contribution is -2.39. The summed E-state index contributed by atoms with van der Waals surface area (Å²) < 4.78 is 0. The number of aromatic hydroxyl groups is 1. The number of nitro benzene ring substituents is 1. The zero-order valence-corrected chi connectivity index (χ0v) is 15.0. The van der Waals surface area contributed by atoms with Crippen molar-refractivity contribution in [3.05, 3.63) is 46.1 Å². The van der Waals surface area contributed by atoms with Crippen LogP contribution < -0.4 is 5.32 Å². The summed E-state index contributed by atoms with van der Waals surface area (Å²) in [6, 6.07) is 6.91. The average molecular weight is 341 g/mol. The number of hydrogen-bond donors (Lipinski definition) is 2. The first-order chi connectivity index (χ1) is 11.2. The van der Waals surface area contributed by atoms with Gasteiger partial charge in [0.05, 0.1) is 19.2 Å². The van der Waals surface area contributed by atoms with Gasteiger partial charge < -0.3 is 10.1 Å². The lowest BCUT2D eigenvalue weighted by molar-refractivity contribution is -0.385. The van der Waals surface area contributed by atoms with E-state index in [-0.39, 0.29) is 16.4 Å². The minimum atomic E-state index is -1.77. The van der Waals surface area contributed by atoms with Crippen LogP contribution >= 0.6 is 0 Å². The monoisotopic (exact) mass is 341 g/mol. The molecular formula is C17H19N3O3Si. The molecule has 7 heteroatoms. The van der Waals surface area contributed by atoms with Gasteiger partial charge in [-0.25, -0.2) is 4.98 Å². The van der Waals surface area contributed by atoms with Crippen molar-refractivity contribution in [2.24, 2.45) is 0 Å². The molecule has 0 aliphatic heterocycles. The number of nitrogens with one attached hydrogen (secondary N) is 1. The number of hydrogen-bond acceptors (Lipinski definition) is 4. The summed E-state index contributed by atoms with van der Waals surface area (Å²) in [5, 5.41) is 23.0. The molecule has 0 atom stereocenters. The lowest BCUT2D eigenvalue weighted by atomic mass is 10.0. The first-order valence-corrected chi connectivity index (χ1v) is 11.1. The van der Waals surface area contributed by atoms with Crippen molar-refractivity contribution in [2.75, 3.05) is 0 Å². The Kier molecular flexibility index (Phi) is 3.68. The topological polar surface area (TPSA) is 92.0 Å². The number of nitro groups is 1. The fraction of sp³-hybridized carbons (Fsp3) is 0.235. The molecule has 0 aliphatic carbocycles. The van der Waals surface area contributed by atoms with Crippen LogP contribution in [0.1, 0.15) is 5.56 Å². The van der Waals surface area contributed by atoms with E-state index in [1.165, 1.54) is 6.20 Å². The molecule has 6 nitrogen and oxygen atoms in total. The average Bonchev–Trinajstić information content (AvgIpc) is 2.86. The largest absolute Gasteiger partial charge is 0.506 e. The van der Waals surface area contributed by atoms with E-state index in [1.54, 1.807) is 25.1 Å². The number of benzene rings is 1. The maximum absolute atomic E-state index is 11.3. The fourth-order valence-electron chi connectivity index (χ4n) is 2.88. The van der Waals surface area contributed by atoms with Crippen molar-refractivity contribution < 1.29 is 10.0 Å². The Hall–Kier alpha value is -2.67. The maximum atomic E-state index is 11.3. The molecule has 0 spiro atoms. The molecule has 0 saturated heterocycles. The molecule has 2 aromatic heterocycles. The van der Waals surface area contributed by atoms with Gasteiger partial charge in [-0.15, -0.1) is 0 Å². The van der Waals surface area contributed by atoms with Crippen molar-refractivity contribution in [1.82, 2.24) is 9.97 Å². The van der Waals surface area contributed by atoms with E-state index in [9.17, 15) is 15.2 Å². The molecule has 1 aromatic carbocycles. The Morgan fingerprint density at radius 2 is 1.96 bits per heavy atom. The van der Waals surface area contributed by atoms with Crippen LogP contribution in [0.5, 0.6) is 5.75 Å². The molecule has 0 fully saturated rings. The van der Waals surface area contributed by atoms with E-state index in [0.717, 1.165) is 21.8 Å². The molecule has 2 N–H and O–H groups in total. The van der Waals surface area contributed by atoms with Crippen molar-refractivity contribution in [1.29, 1.82) is 0 Å². The molecule has 2 heterocycles. The van der Waals surface area contributed by atoms with Crippen LogP contribution in [0.4, 0.5) is 5.69 Å². The number of aryl methyl sites for hydroxylation is 1. The van der Waals surface area contributed by atoms with Gasteiger partial charge in [-0.3, -0.25) is 10.1 Å². The molecule has 3 rings (SSSR count). The number of rotatable bonds is 3. The first-order valence-electron chi connectivity index (χ1n) is 7.65. The Labute approximate surface area is 140 Å². The summed E-state index contributed by atoms with van der Waals surface area (Å²) in [5.74, 6) is 0.0755. The van der Waals surface area contributed by atoms with Gasteiger partial charge in [0.25, 0.3) is 5.69 Å². The molecule has 0 saturated carbocycles. The molecule has 3 aromatic rings. The molecular weight excluding hydrogens is 322 g/mol. The van der Waals surface area contributed by atoms with Crippen molar-refractivity contribution in [3.8, 4) is 16.9 Å². The van der Waals surface area contributed by atoms with Crippen molar-refractivity contribution >= 4 is 30.1 Å². The van der Waals surface area contributed by atoms with E-state index < -0.39 is 8.07 Å². The third-order valence-electron chi connectivity index (χ3n) is 4.08. The maximum Gasteiger partial charge on any atom is 0.272 e. The summed E-state index contributed by atoms with van der Waals surface area (Å²) in [6.07, 6.45) is 1.40. The first kappa shape index (κ1) is 16.2. The number of aromatic amines is 1. The second kappa shape index (κ2) is 5.45. The predicted octanol–water partition coefficient (Wildman–Crippen LogP) is 3.70. The molecule has 124 valence electrons. The zero-order valence-electron chi connectivity index (χ0n) is 14.0. The van der Waals surface area contributed by atoms with Crippen LogP contribution in [0.15, 0.2) is 30.5 Å². The number of nitrogens with zero attached hydrogens (tertiary/aromatic N) is 2. The van der Waals surface area contributed by atoms with Gasteiger partial charge in [0, 0.05) is 27.9 Å². The van der Waals surface area contributed by atoms with Crippen LogP contribution in [-0.2, 0) is 0 Å². The molecule has 24 heavy (non-hydrogen) atoms. The van der Waals surface area contributed by atoms with E-state index in [2.05, 4.69) is 29.6 Å². The van der Waals surface area contributed by atoms with Gasteiger partial charge in [0.2, 0.25) is 0 Å². The fourth-order valence-corrected chi connectivity index (χ4v) is 4.41. The smallest absolute Gasteiger partial charge is 0.272 e. The minimum Gasteiger partial charge on any atom is -0.506 e. The van der Waals surface area contributed by atoms with Crippen LogP contribution in [0.2, 0.25) is 19.6 Å². The highest BCUT2D eigenvalue weighted by molar-refractivity contribution is 6.89. The predicted molar refractivity (Wildman–Crippen MR) is 97.6 cm³/mol. The van der Waals surface area contributed by atoms with E-state index >= 15 is 0 Å². The number of fused-ring (bicyclic) bond motifs is 1. The standard InChI is InChI=1S/C17H19N3O3Si/c1-10-5-6-11(7-14(10)20(22)23)15-13-8-12(21)9-18-16(13)19-17(15)24(2,3)4/h5-9,21H,1-4H3,(H,18,19). The zero-order chi connectivity index (χ0) is 17.6. The van der Waals surface area contributed by atoms with Gasteiger partial charge in [-0.2, -0.15) is 0 Å². The van der Waals surface area contributed by atoms with Gasteiger partial charge >= 0.3 is 0 Å². The van der Waals surface area contributed by atoms with E-state index in [4.69, 9.17) is 0 Å². The molecule has 0 radical (unpaired) electrons. The van der Waals surface area contributed by atoms with Gasteiger partial charge in [-0.1, -0.05) is 31.8 Å². The summed E-state index contributed by atoms with van der Waals surface area (Å²) in [4.78, 5) is 18.6. The van der Waals surface area contributed by atoms with Crippen LogP contribution in [0, 0.1) is 17.0 Å². The highest BCUT2D eigenvalue weighted by atomic mass is 28.3. The van der Waals surface area contributed by atoms with Crippen LogP contribution in [0.3, 0.4) is 0 Å². The Balaban J connectivity index is 2.38. The Morgan fingerprint density at radius 3 is 2.58 bits per heavy atom. The summed E-state index contributed by atoms with van der Waals surface area (Å²) in [5.41, 5.74) is 3.07. The van der Waals surface area contributed by atoms with Crippen LogP contribution in [-0.4, -0.2) is 28.1 Å². The van der Waals surface area contributed by atoms with Crippen molar-refractivity contribution in [3.63, 3.8) is 0 Å². The highest BCUT2D eigenvalue weighted by Crippen LogP contribution is 2.33. The highest BCUT2D eigenvalue weighted by Gasteiger charge is 2.27. The second-order valence-electron chi connectivity index (χ2n) is 6.97. The van der Waals surface area contributed by atoms with Crippen LogP contribution in [0.25, 0.3) is 22.2 Å². The third-order valence-corrected chi connectivity index (χ3v) is 5.96. The SMILES string of the molecule is Cc1ccc(-c2c([Si](C)(C)C)[nH]c3ncc(O)cc23)cc1[N+](=O)[O-]. The number of aromatic nitrogens is 2. The lowest BCUT2D eigenvalue weighted by Gasteiger charge is -2.17. The second-order valence-corrected chi connectivity index (χ2v) is 12.0. The van der Waals surface area contributed by atoms with Gasteiger partial charge in [-0.05, 0) is 18.6 Å². The number of pyridine rings is 1. The molecule has 0 bridgehead atoms. The third kappa shape index (κ3) is 2.67. The molecule has 0 unspecified atom stereocenters. The minimum absolute atomic E-state index is 0.0755. The van der Waals surface area contributed by atoms with Crippen molar-refractivity contribution in [2.45, 2.75) is 26.6 Å². The molecule has 0 aliphatic rings. The summed E-state index contributed by atoms with van der Waals surface area (Å²) >= 11 is 0. The summed E-state index contributed by atoms with van der Waals surface area (Å²) in [7, 11) is -1.77. The van der Waals surface area contributed by atoms with E-state index in [1.807, 2.05) is 6.07 Å². The summed E-state index contributed by atoms with van der Waals surface area (Å²) in [6.45, 7) is 8.32. The normalized spacial score (nSPS) is 11.8.